The molecule has 106 valence electrons. The highest BCUT2D eigenvalue weighted by atomic mass is 35.5. The average molecular weight is 290 g/mol. The zero-order valence-electron chi connectivity index (χ0n) is 11.8. The lowest BCUT2D eigenvalue weighted by molar-refractivity contribution is 0.271. The number of rotatable bonds is 3. The molecule has 1 aliphatic rings. The van der Waals surface area contributed by atoms with Crippen LogP contribution in [0.2, 0.25) is 5.02 Å². The molecule has 0 N–H and O–H groups in total. The molecule has 4 heteroatoms. The summed E-state index contributed by atoms with van der Waals surface area (Å²) in [7, 11) is 0. The van der Waals surface area contributed by atoms with Gasteiger partial charge in [-0.15, -0.1) is 0 Å². The fourth-order valence-corrected chi connectivity index (χ4v) is 3.02. The minimum atomic E-state index is 0.834. The second-order valence-electron chi connectivity index (χ2n) is 5.15. The van der Waals surface area contributed by atoms with Crippen molar-refractivity contribution in [1.29, 1.82) is 0 Å². The predicted molar refractivity (Wildman–Crippen MR) is 85.1 cm³/mol. The molecule has 0 amide bonds. The summed E-state index contributed by atoms with van der Waals surface area (Å²) in [5.41, 5.74) is 2.26. The molecule has 0 atom stereocenters. The Kier molecular flexibility index (Phi) is 3.99. The molecule has 1 aliphatic heterocycles. The maximum Gasteiger partial charge on any atom is 0.0660 e. The quantitative estimate of drug-likeness (QED) is 0.859. The van der Waals surface area contributed by atoms with Crippen molar-refractivity contribution in [2.75, 3.05) is 37.6 Å². The molecule has 0 bridgehead atoms. The van der Waals surface area contributed by atoms with Crippen molar-refractivity contribution in [3.63, 3.8) is 0 Å². The van der Waals surface area contributed by atoms with Crippen LogP contribution in [0.1, 0.15) is 6.92 Å². The van der Waals surface area contributed by atoms with E-state index in [1.165, 1.54) is 0 Å². The van der Waals surface area contributed by atoms with Crippen molar-refractivity contribution in [3.05, 3.63) is 47.7 Å². The molecular formula is C16H20ClN3. The first-order chi connectivity index (χ1) is 9.78. The Labute approximate surface area is 125 Å². The van der Waals surface area contributed by atoms with E-state index in [1.807, 2.05) is 30.6 Å². The molecule has 3 nitrogen and oxygen atoms in total. The third kappa shape index (κ3) is 2.69. The molecule has 0 unspecified atom stereocenters. The molecule has 0 aliphatic carbocycles. The van der Waals surface area contributed by atoms with Gasteiger partial charge in [0.05, 0.1) is 10.7 Å². The summed E-state index contributed by atoms with van der Waals surface area (Å²) in [6.07, 6.45) is 4.07. The van der Waals surface area contributed by atoms with Crippen LogP contribution < -0.4 is 4.90 Å². The third-order valence-corrected chi connectivity index (χ3v) is 4.30. The van der Waals surface area contributed by atoms with Gasteiger partial charge in [-0.3, -0.25) is 0 Å². The lowest BCUT2D eigenvalue weighted by Gasteiger charge is -2.36. The van der Waals surface area contributed by atoms with Gasteiger partial charge >= 0.3 is 0 Å². The number of piperazine rings is 1. The Morgan fingerprint density at radius 3 is 2.35 bits per heavy atom. The first-order valence-electron chi connectivity index (χ1n) is 7.18. The molecule has 2 heterocycles. The van der Waals surface area contributed by atoms with E-state index in [-0.39, 0.29) is 0 Å². The van der Waals surface area contributed by atoms with E-state index in [1.54, 1.807) is 0 Å². The van der Waals surface area contributed by atoms with Gasteiger partial charge in [0.25, 0.3) is 0 Å². The number of hydrogen-bond acceptors (Lipinski definition) is 2. The van der Waals surface area contributed by atoms with E-state index in [2.05, 4.69) is 33.4 Å². The van der Waals surface area contributed by atoms with Gasteiger partial charge < -0.3 is 14.4 Å². The maximum absolute atomic E-state index is 6.48. The number of benzene rings is 1. The van der Waals surface area contributed by atoms with Crippen LogP contribution in [0.5, 0.6) is 0 Å². The number of anilines is 1. The lowest BCUT2D eigenvalue weighted by Crippen LogP contribution is -2.46. The second-order valence-corrected chi connectivity index (χ2v) is 5.55. The summed E-state index contributed by atoms with van der Waals surface area (Å²) >= 11 is 6.48. The Morgan fingerprint density at radius 2 is 1.75 bits per heavy atom. The number of halogens is 1. The van der Waals surface area contributed by atoms with Gasteiger partial charge in [0, 0.05) is 44.3 Å². The summed E-state index contributed by atoms with van der Waals surface area (Å²) in [5, 5.41) is 0.834. The van der Waals surface area contributed by atoms with E-state index in [0.29, 0.717) is 0 Å². The lowest BCUT2D eigenvalue weighted by atomic mass is 10.2. The van der Waals surface area contributed by atoms with Crippen LogP contribution in [-0.2, 0) is 0 Å². The summed E-state index contributed by atoms with van der Waals surface area (Å²) in [6, 6.07) is 10.4. The topological polar surface area (TPSA) is 11.4 Å². The fraction of sp³-hybridized carbons (Fsp3) is 0.375. The molecule has 0 radical (unpaired) electrons. The smallest absolute Gasteiger partial charge is 0.0660 e. The van der Waals surface area contributed by atoms with E-state index >= 15 is 0 Å². The predicted octanol–water partition coefficient (Wildman–Crippen LogP) is 3.27. The molecular weight excluding hydrogens is 270 g/mol. The fourth-order valence-electron chi connectivity index (χ4n) is 2.72. The molecule has 1 aromatic heterocycles. The van der Waals surface area contributed by atoms with Gasteiger partial charge in [-0.05, 0) is 36.9 Å². The van der Waals surface area contributed by atoms with Gasteiger partial charge in [0.15, 0.2) is 0 Å². The summed E-state index contributed by atoms with van der Waals surface area (Å²) in [5.74, 6) is 0. The molecule has 3 rings (SSSR count). The summed E-state index contributed by atoms with van der Waals surface area (Å²) < 4.78 is 2.07. The van der Waals surface area contributed by atoms with Crippen molar-refractivity contribution in [2.24, 2.45) is 0 Å². The summed E-state index contributed by atoms with van der Waals surface area (Å²) in [4.78, 5) is 4.85. The van der Waals surface area contributed by atoms with E-state index in [9.17, 15) is 0 Å². The van der Waals surface area contributed by atoms with E-state index in [0.717, 1.165) is 49.1 Å². The molecule has 2 aromatic rings. The Balaban J connectivity index is 1.78. The number of hydrogen-bond donors (Lipinski definition) is 0. The van der Waals surface area contributed by atoms with Crippen LogP contribution >= 0.6 is 11.6 Å². The zero-order chi connectivity index (χ0) is 13.9. The number of likely N-dealkylation sites (N-methyl/N-ethyl adjacent to an activating group) is 1. The molecule has 1 saturated heterocycles. The largest absolute Gasteiger partial charge is 0.368 e. The van der Waals surface area contributed by atoms with Crippen LogP contribution in [0, 0.1) is 0 Å². The minimum Gasteiger partial charge on any atom is -0.368 e. The van der Waals surface area contributed by atoms with Crippen LogP contribution in [0.25, 0.3) is 5.69 Å². The highest BCUT2D eigenvalue weighted by molar-refractivity contribution is 6.33. The molecule has 0 saturated carbocycles. The minimum absolute atomic E-state index is 0.834. The van der Waals surface area contributed by atoms with E-state index in [4.69, 9.17) is 11.6 Å². The van der Waals surface area contributed by atoms with Gasteiger partial charge in [0.1, 0.15) is 0 Å². The second kappa shape index (κ2) is 5.90. The first kappa shape index (κ1) is 13.5. The number of aromatic nitrogens is 1. The van der Waals surface area contributed by atoms with Crippen molar-refractivity contribution >= 4 is 17.3 Å². The highest BCUT2D eigenvalue weighted by Gasteiger charge is 2.17. The van der Waals surface area contributed by atoms with E-state index < -0.39 is 0 Å². The first-order valence-corrected chi connectivity index (χ1v) is 7.56. The molecule has 1 aromatic carbocycles. The SMILES string of the molecule is CCN1CCN(c2ccc(-n3cccc3)cc2Cl)CC1. The molecule has 20 heavy (non-hydrogen) atoms. The van der Waals surface area contributed by atoms with Crippen LogP contribution in [-0.4, -0.2) is 42.2 Å². The van der Waals surface area contributed by atoms with Gasteiger partial charge in [0.2, 0.25) is 0 Å². The summed E-state index contributed by atoms with van der Waals surface area (Å²) in [6.45, 7) is 7.69. The van der Waals surface area contributed by atoms with Crippen molar-refractivity contribution < 1.29 is 0 Å². The third-order valence-electron chi connectivity index (χ3n) is 3.99. The Bertz CT molecular complexity index is 557. The number of nitrogens with zero attached hydrogens (tertiary/aromatic N) is 3. The normalized spacial score (nSPS) is 16.6. The standard InChI is InChI=1S/C16H20ClN3/c1-2-18-9-11-20(12-10-18)16-6-5-14(13-15(16)17)19-7-3-4-8-19/h3-8,13H,2,9-12H2,1H3. The molecule has 1 fully saturated rings. The van der Waals surface area contributed by atoms with Crippen LogP contribution in [0.3, 0.4) is 0 Å². The highest BCUT2D eigenvalue weighted by Crippen LogP contribution is 2.29. The Hall–Kier alpha value is -1.45. The van der Waals surface area contributed by atoms with Crippen LogP contribution in [0.15, 0.2) is 42.7 Å². The van der Waals surface area contributed by atoms with Gasteiger partial charge in [-0.1, -0.05) is 18.5 Å². The van der Waals surface area contributed by atoms with Crippen molar-refractivity contribution in [2.45, 2.75) is 6.92 Å². The van der Waals surface area contributed by atoms with Gasteiger partial charge in [-0.25, -0.2) is 0 Å². The van der Waals surface area contributed by atoms with Crippen molar-refractivity contribution in [1.82, 2.24) is 9.47 Å². The van der Waals surface area contributed by atoms with Gasteiger partial charge in [-0.2, -0.15) is 0 Å². The zero-order valence-corrected chi connectivity index (χ0v) is 12.6. The maximum atomic E-state index is 6.48. The average Bonchev–Trinajstić information content (AvgIpc) is 3.01. The monoisotopic (exact) mass is 289 g/mol. The Morgan fingerprint density at radius 1 is 1.05 bits per heavy atom. The van der Waals surface area contributed by atoms with Crippen LogP contribution in [0.4, 0.5) is 5.69 Å². The molecule has 0 spiro atoms. The van der Waals surface area contributed by atoms with Crippen molar-refractivity contribution in [3.8, 4) is 5.69 Å².